The van der Waals surface area contributed by atoms with Gasteiger partial charge >= 0.3 is 11.9 Å². The molecule has 7 nitrogen and oxygen atoms in total. The predicted molar refractivity (Wildman–Crippen MR) is 158 cm³/mol. The van der Waals surface area contributed by atoms with Crippen LogP contribution in [0.1, 0.15) is 33.2 Å². The molecule has 1 atom stereocenters. The molecule has 4 aromatic rings. The maximum absolute atomic E-state index is 15.6. The summed E-state index contributed by atoms with van der Waals surface area (Å²) in [7, 11) is 3.83. The molecule has 1 aliphatic heterocycles. The van der Waals surface area contributed by atoms with Crippen LogP contribution in [0.4, 0.5) is 8.78 Å². The molecule has 0 unspecified atom stereocenters. The third-order valence-corrected chi connectivity index (χ3v) is 8.27. The van der Waals surface area contributed by atoms with Gasteiger partial charge in [0.25, 0.3) is 0 Å². The van der Waals surface area contributed by atoms with E-state index in [1.165, 1.54) is 17.5 Å². The second-order valence-corrected chi connectivity index (χ2v) is 12.0. The summed E-state index contributed by atoms with van der Waals surface area (Å²) in [6.07, 6.45) is 4.71. The van der Waals surface area contributed by atoms with E-state index in [9.17, 15) is 9.59 Å². The van der Waals surface area contributed by atoms with E-state index in [0.717, 1.165) is 10.4 Å². The molecule has 2 aromatic heterocycles. The quantitative estimate of drug-likeness (QED) is 0.180. The minimum atomic E-state index is -4.01. The van der Waals surface area contributed by atoms with Gasteiger partial charge in [-0.2, -0.15) is 13.9 Å². The maximum Gasteiger partial charge on any atom is 0.386 e. The van der Waals surface area contributed by atoms with Gasteiger partial charge in [-0.25, -0.2) is 4.79 Å². The molecular weight excluding hydrogens is 582 g/mol. The number of rotatable bonds is 9. The molecule has 42 heavy (non-hydrogen) atoms. The third kappa shape index (κ3) is 6.30. The molecule has 218 valence electrons. The number of esters is 1. The zero-order chi connectivity index (χ0) is 29.9. The van der Waals surface area contributed by atoms with E-state index in [1.807, 2.05) is 37.2 Å². The summed E-state index contributed by atoms with van der Waals surface area (Å²) in [6, 6.07) is 17.6. The number of halogens is 3. The lowest BCUT2D eigenvalue weighted by molar-refractivity contribution is -0.175. The Balaban J connectivity index is 1.47. The highest BCUT2D eigenvalue weighted by atomic mass is 35.5. The van der Waals surface area contributed by atoms with Gasteiger partial charge in [-0.3, -0.25) is 9.89 Å². The van der Waals surface area contributed by atoms with E-state index in [2.05, 4.69) is 10.2 Å². The Morgan fingerprint density at radius 3 is 2.64 bits per heavy atom. The van der Waals surface area contributed by atoms with Gasteiger partial charge in [0.1, 0.15) is 6.61 Å². The number of aromatic amines is 1. The maximum atomic E-state index is 15.6. The summed E-state index contributed by atoms with van der Waals surface area (Å²) in [4.78, 5) is 30.4. The molecule has 1 N–H and O–H groups in total. The number of nitrogens with zero attached hydrogens (tertiary/aromatic N) is 3. The van der Waals surface area contributed by atoms with Crippen LogP contribution in [-0.2, 0) is 33.4 Å². The number of alkyl halides is 2. The number of carbonyl (C=O) groups excluding carboxylic acids is 2. The lowest BCUT2D eigenvalue weighted by Crippen LogP contribution is -2.37. The molecule has 0 spiro atoms. The van der Waals surface area contributed by atoms with E-state index in [4.69, 9.17) is 16.3 Å². The highest BCUT2D eigenvalue weighted by Crippen LogP contribution is 2.44. The lowest BCUT2D eigenvalue weighted by Gasteiger charge is -2.33. The topological polar surface area (TPSA) is 78.5 Å². The molecule has 0 radical (unpaired) electrons. The Bertz CT molecular complexity index is 1600. The van der Waals surface area contributed by atoms with Crippen molar-refractivity contribution in [3.8, 4) is 11.1 Å². The second kappa shape index (κ2) is 12.6. The molecule has 5 rings (SSSR count). The molecule has 0 saturated heterocycles. The van der Waals surface area contributed by atoms with Crippen molar-refractivity contribution < 1.29 is 23.1 Å². The van der Waals surface area contributed by atoms with Crippen molar-refractivity contribution in [2.45, 2.75) is 25.0 Å². The Labute approximate surface area is 251 Å². The number of ether oxygens (including phenoxy) is 1. The molecular formula is C31H29ClF2N4O3S. The van der Waals surface area contributed by atoms with E-state index in [-0.39, 0.29) is 24.0 Å². The number of thiophene rings is 1. The molecule has 1 aliphatic rings. The van der Waals surface area contributed by atoms with E-state index in [0.29, 0.717) is 40.7 Å². The predicted octanol–water partition coefficient (Wildman–Crippen LogP) is 6.22. The minimum absolute atomic E-state index is 0.0736. The number of nitrogens with one attached hydrogen (secondary N) is 1. The van der Waals surface area contributed by atoms with Crippen LogP contribution >= 0.6 is 22.9 Å². The zero-order valence-corrected chi connectivity index (χ0v) is 24.6. The van der Waals surface area contributed by atoms with E-state index in [1.54, 1.807) is 59.5 Å². The Morgan fingerprint density at radius 2 is 1.88 bits per heavy atom. The second-order valence-electron chi connectivity index (χ2n) is 10.2. The van der Waals surface area contributed by atoms with Crippen LogP contribution in [0.25, 0.3) is 11.1 Å². The molecule has 1 amide bonds. The SMILES string of the molecule is CN(C)C/C=C/C(=O)N1Cc2sc(Cl)cc2[C@H](c2ccccc2-c2c[nH]nc2C(F)(F)C(=O)OCc2ccccc2)C1. The van der Waals surface area contributed by atoms with Crippen LogP contribution < -0.4 is 0 Å². The average molecular weight is 611 g/mol. The lowest BCUT2D eigenvalue weighted by atomic mass is 9.83. The van der Waals surface area contributed by atoms with Crippen LogP contribution in [0.2, 0.25) is 4.34 Å². The summed E-state index contributed by atoms with van der Waals surface area (Å²) in [5.74, 6) is -6.20. The standard InChI is InChI=1S/C31H29ClF2N4O3S/c1-37(2)14-8-13-28(39)38-17-25(23-15-27(32)42-26(23)18-38)22-12-7-6-11-21(22)24-16-35-36-29(24)31(33,34)30(40)41-19-20-9-4-3-5-10-20/h3-13,15-16,25H,14,17-19H2,1-2H3,(H,35,36)/b13-8+/t25-/m0/s1. The number of aromatic nitrogens is 2. The number of fused-ring (bicyclic) bond motifs is 1. The fourth-order valence-corrected chi connectivity index (χ4v) is 6.34. The first-order chi connectivity index (χ1) is 20.1. The zero-order valence-electron chi connectivity index (χ0n) is 23.0. The Hall–Kier alpha value is -3.86. The van der Waals surface area contributed by atoms with Crippen molar-refractivity contribution in [3.63, 3.8) is 0 Å². The monoisotopic (exact) mass is 610 g/mol. The molecule has 3 heterocycles. The van der Waals surface area contributed by atoms with Gasteiger partial charge < -0.3 is 14.5 Å². The Kier molecular flexibility index (Phi) is 8.86. The third-order valence-electron chi connectivity index (χ3n) is 7.00. The van der Waals surface area contributed by atoms with Crippen molar-refractivity contribution in [2.75, 3.05) is 27.2 Å². The number of hydrogen-bond donors (Lipinski definition) is 1. The minimum Gasteiger partial charge on any atom is -0.456 e. The number of H-pyrrole nitrogens is 1. The highest BCUT2D eigenvalue weighted by Gasteiger charge is 2.47. The van der Waals surface area contributed by atoms with Gasteiger partial charge in [-0.05, 0) is 42.4 Å². The Morgan fingerprint density at radius 1 is 1.14 bits per heavy atom. The fourth-order valence-electron chi connectivity index (χ4n) is 4.98. The van der Waals surface area contributed by atoms with Crippen molar-refractivity contribution in [1.82, 2.24) is 20.0 Å². The smallest absolute Gasteiger partial charge is 0.386 e. The molecule has 11 heteroatoms. The van der Waals surface area contributed by atoms with Gasteiger partial charge in [-0.15, -0.1) is 11.3 Å². The summed E-state index contributed by atoms with van der Waals surface area (Å²) in [6.45, 7) is 1.05. The highest BCUT2D eigenvalue weighted by molar-refractivity contribution is 7.16. The molecule has 0 saturated carbocycles. The number of hydrogen-bond acceptors (Lipinski definition) is 6. The first-order valence-electron chi connectivity index (χ1n) is 13.3. The van der Waals surface area contributed by atoms with Gasteiger partial charge in [0.15, 0.2) is 5.69 Å². The van der Waals surface area contributed by atoms with Gasteiger partial charge in [0.05, 0.1) is 10.9 Å². The first-order valence-corrected chi connectivity index (χ1v) is 14.5. The van der Waals surface area contributed by atoms with Crippen LogP contribution in [0.5, 0.6) is 0 Å². The number of likely N-dealkylation sites (N-methyl/N-ethyl adjacent to an activating group) is 1. The summed E-state index contributed by atoms with van der Waals surface area (Å²) >= 11 is 7.81. The first kappa shape index (κ1) is 29.6. The summed E-state index contributed by atoms with van der Waals surface area (Å²) < 4.78 is 36.7. The van der Waals surface area contributed by atoms with Gasteiger partial charge in [0, 0.05) is 41.7 Å². The normalized spacial score (nSPS) is 15.3. The largest absolute Gasteiger partial charge is 0.456 e. The van der Waals surface area contributed by atoms with E-state index < -0.39 is 17.6 Å². The van der Waals surface area contributed by atoms with Crippen molar-refractivity contribution in [3.05, 3.63) is 111 Å². The average Bonchev–Trinajstić information content (AvgIpc) is 3.62. The summed E-state index contributed by atoms with van der Waals surface area (Å²) in [5.41, 5.74) is 2.05. The van der Waals surface area contributed by atoms with Gasteiger partial charge in [-0.1, -0.05) is 72.3 Å². The van der Waals surface area contributed by atoms with Crippen LogP contribution in [0, 0.1) is 0 Å². The van der Waals surface area contributed by atoms with Crippen molar-refractivity contribution in [2.24, 2.45) is 0 Å². The molecule has 0 aliphatic carbocycles. The fraction of sp³-hybridized carbons (Fsp3) is 0.258. The number of carbonyl (C=O) groups is 2. The molecule has 0 fully saturated rings. The number of benzene rings is 2. The van der Waals surface area contributed by atoms with Crippen molar-refractivity contribution >= 4 is 34.8 Å². The van der Waals surface area contributed by atoms with Crippen LogP contribution in [-0.4, -0.2) is 59.1 Å². The van der Waals surface area contributed by atoms with Gasteiger partial charge in [0.2, 0.25) is 5.91 Å². The molecule has 2 aromatic carbocycles. The summed E-state index contributed by atoms with van der Waals surface area (Å²) in [5, 5.41) is 6.30. The van der Waals surface area contributed by atoms with Crippen LogP contribution in [0.3, 0.4) is 0 Å². The number of amides is 1. The molecule has 0 bridgehead atoms. The van der Waals surface area contributed by atoms with E-state index >= 15 is 8.78 Å². The van der Waals surface area contributed by atoms with Crippen LogP contribution in [0.15, 0.2) is 79.0 Å². The van der Waals surface area contributed by atoms with Crippen molar-refractivity contribution in [1.29, 1.82) is 0 Å².